The van der Waals surface area contributed by atoms with Crippen molar-refractivity contribution in [2.75, 3.05) is 27.3 Å². The highest BCUT2D eigenvalue weighted by molar-refractivity contribution is 5.82. The summed E-state index contributed by atoms with van der Waals surface area (Å²) in [7, 11) is 3.14. The number of hydrogen-bond acceptors (Lipinski definition) is 6. The minimum Gasteiger partial charge on any atom is -0.493 e. The van der Waals surface area contributed by atoms with Crippen LogP contribution in [0.4, 0.5) is 0 Å². The van der Waals surface area contributed by atoms with Crippen molar-refractivity contribution in [1.82, 2.24) is 14.5 Å². The topological polar surface area (TPSA) is 69.7 Å². The van der Waals surface area contributed by atoms with Gasteiger partial charge in [0.15, 0.2) is 11.5 Å². The lowest BCUT2D eigenvalue weighted by atomic mass is 10.2. The second-order valence-electron chi connectivity index (χ2n) is 6.37. The summed E-state index contributed by atoms with van der Waals surface area (Å²) in [6.45, 7) is 3.05. The first-order valence-electron chi connectivity index (χ1n) is 8.58. The molecule has 136 valence electrons. The van der Waals surface area contributed by atoms with Crippen molar-refractivity contribution in [1.29, 1.82) is 0 Å². The molecule has 3 aromatic rings. The molecule has 1 aromatic carbocycles. The zero-order valence-electron chi connectivity index (χ0n) is 14.9. The van der Waals surface area contributed by atoms with Crippen LogP contribution in [0, 0.1) is 0 Å². The summed E-state index contributed by atoms with van der Waals surface area (Å²) in [5, 5.41) is 0.551. The number of ether oxygens (including phenoxy) is 2. The van der Waals surface area contributed by atoms with Gasteiger partial charge in [0.1, 0.15) is 5.82 Å². The van der Waals surface area contributed by atoms with Crippen LogP contribution in [0.15, 0.2) is 39.9 Å². The number of furan rings is 1. The average Bonchev–Trinajstić information content (AvgIpc) is 3.08. The van der Waals surface area contributed by atoms with Gasteiger partial charge in [-0.1, -0.05) is 0 Å². The van der Waals surface area contributed by atoms with Gasteiger partial charge in [-0.15, -0.1) is 0 Å². The fourth-order valence-corrected chi connectivity index (χ4v) is 3.43. The first-order valence-corrected chi connectivity index (χ1v) is 8.58. The second kappa shape index (κ2) is 6.84. The first-order chi connectivity index (χ1) is 12.7. The van der Waals surface area contributed by atoms with Crippen LogP contribution in [-0.2, 0) is 19.5 Å². The van der Waals surface area contributed by atoms with Gasteiger partial charge in [0.25, 0.3) is 5.56 Å². The van der Waals surface area contributed by atoms with Crippen molar-refractivity contribution >= 4 is 10.9 Å². The quantitative estimate of drug-likeness (QED) is 0.714. The highest BCUT2D eigenvalue weighted by Crippen LogP contribution is 2.30. The molecule has 0 atom stereocenters. The zero-order valence-corrected chi connectivity index (χ0v) is 14.9. The molecule has 0 bridgehead atoms. The van der Waals surface area contributed by atoms with Gasteiger partial charge in [0.2, 0.25) is 0 Å². The molecule has 7 nitrogen and oxygen atoms in total. The van der Waals surface area contributed by atoms with E-state index >= 15 is 0 Å². The minimum absolute atomic E-state index is 0.0314. The molecule has 1 aliphatic rings. The zero-order chi connectivity index (χ0) is 18.1. The van der Waals surface area contributed by atoms with Crippen LogP contribution in [0.25, 0.3) is 10.9 Å². The minimum atomic E-state index is -0.0314. The lowest BCUT2D eigenvalue weighted by Gasteiger charge is -2.17. The van der Waals surface area contributed by atoms with E-state index < -0.39 is 0 Å². The number of benzene rings is 1. The van der Waals surface area contributed by atoms with Crippen molar-refractivity contribution < 1.29 is 13.9 Å². The van der Waals surface area contributed by atoms with E-state index in [2.05, 4.69) is 4.90 Å². The second-order valence-corrected chi connectivity index (χ2v) is 6.37. The van der Waals surface area contributed by atoms with Crippen molar-refractivity contribution in [3.8, 4) is 11.5 Å². The molecular formula is C19H21N3O4. The molecule has 7 heteroatoms. The molecule has 26 heavy (non-hydrogen) atoms. The van der Waals surface area contributed by atoms with E-state index in [9.17, 15) is 4.79 Å². The van der Waals surface area contributed by atoms with Crippen molar-refractivity contribution in [2.24, 2.45) is 0 Å². The number of aromatic nitrogens is 2. The van der Waals surface area contributed by atoms with Gasteiger partial charge in [0.05, 0.1) is 37.6 Å². The van der Waals surface area contributed by atoms with Gasteiger partial charge in [-0.25, -0.2) is 4.98 Å². The van der Waals surface area contributed by atoms with Gasteiger partial charge in [0, 0.05) is 44.2 Å². The molecule has 0 radical (unpaired) electrons. The van der Waals surface area contributed by atoms with Crippen LogP contribution in [0.2, 0.25) is 0 Å². The molecule has 3 heterocycles. The lowest BCUT2D eigenvalue weighted by molar-refractivity contribution is 0.270. The van der Waals surface area contributed by atoms with Gasteiger partial charge in [-0.3, -0.25) is 14.3 Å². The Morgan fingerprint density at radius 3 is 2.69 bits per heavy atom. The molecule has 0 fully saturated rings. The van der Waals surface area contributed by atoms with Crippen molar-refractivity contribution in [3.05, 3.63) is 52.5 Å². The van der Waals surface area contributed by atoms with E-state index in [1.54, 1.807) is 43.4 Å². The molecule has 0 aliphatic carbocycles. The Labute approximate surface area is 150 Å². The number of nitrogens with zero attached hydrogens (tertiary/aromatic N) is 3. The SMILES string of the molecule is COc1cc2nc3n(c(=O)c2cc1OC)CCN(Cc1ccoc1)CC3. The number of rotatable bonds is 4. The van der Waals surface area contributed by atoms with Crippen LogP contribution in [0.1, 0.15) is 11.4 Å². The summed E-state index contributed by atoms with van der Waals surface area (Å²) in [5.74, 6) is 1.92. The molecular weight excluding hydrogens is 334 g/mol. The maximum atomic E-state index is 13.0. The fourth-order valence-electron chi connectivity index (χ4n) is 3.43. The highest BCUT2D eigenvalue weighted by Gasteiger charge is 2.19. The summed E-state index contributed by atoms with van der Waals surface area (Å²) in [6.07, 6.45) is 4.16. The van der Waals surface area contributed by atoms with Gasteiger partial charge in [-0.05, 0) is 12.1 Å². The Morgan fingerprint density at radius 2 is 1.96 bits per heavy atom. The van der Waals surface area contributed by atoms with E-state index in [0.29, 0.717) is 28.9 Å². The van der Waals surface area contributed by atoms with Crippen molar-refractivity contribution in [3.63, 3.8) is 0 Å². The van der Waals surface area contributed by atoms with E-state index in [0.717, 1.165) is 37.4 Å². The highest BCUT2D eigenvalue weighted by atomic mass is 16.5. The maximum absolute atomic E-state index is 13.0. The molecule has 0 saturated heterocycles. The standard InChI is InChI=1S/C19H21N3O4/c1-24-16-9-14-15(10-17(16)25-2)20-18-3-5-21(6-7-22(18)19(14)23)11-13-4-8-26-12-13/h4,8-10,12H,3,5-7,11H2,1-2H3. The van der Waals surface area contributed by atoms with Crippen molar-refractivity contribution in [2.45, 2.75) is 19.5 Å². The monoisotopic (exact) mass is 355 g/mol. The van der Waals surface area contributed by atoms with Crippen LogP contribution in [0.5, 0.6) is 11.5 Å². The summed E-state index contributed by atoms with van der Waals surface area (Å²) in [6, 6.07) is 5.45. The Bertz CT molecular complexity index is 979. The molecule has 1 aliphatic heterocycles. The molecule has 0 N–H and O–H groups in total. The average molecular weight is 355 g/mol. The molecule has 0 spiro atoms. The summed E-state index contributed by atoms with van der Waals surface area (Å²) in [5.41, 5.74) is 1.74. The largest absolute Gasteiger partial charge is 0.493 e. The van der Waals surface area contributed by atoms with E-state index in [1.165, 1.54) is 0 Å². The van der Waals surface area contributed by atoms with Gasteiger partial charge >= 0.3 is 0 Å². The predicted molar refractivity (Wildman–Crippen MR) is 96.8 cm³/mol. The third-order valence-corrected chi connectivity index (χ3v) is 4.82. The summed E-state index contributed by atoms with van der Waals surface area (Å²) in [4.78, 5) is 20.1. The van der Waals surface area contributed by atoms with Gasteiger partial charge < -0.3 is 13.9 Å². The maximum Gasteiger partial charge on any atom is 0.261 e. The van der Waals surface area contributed by atoms with Gasteiger partial charge in [-0.2, -0.15) is 0 Å². The summed E-state index contributed by atoms with van der Waals surface area (Å²) < 4.78 is 17.6. The summed E-state index contributed by atoms with van der Waals surface area (Å²) >= 11 is 0. The third kappa shape index (κ3) is 2.94. The van der Waals surface area contributed by atoms with Crippen LogP contribution in [0.3, 0.4) is 0 Å². The Kier molecular flexibility index (Phi) is 4.38. The van der Waals surface area contributed by atoms with E-state index in [4.69, 9.17) is 18.9 Å². The first kappa shape index (κ1) is 16.7. The molecule has 0 amide bonds. The Hall–Kier alpha value is -2.80. The van der Waals surface area contributed by atoms with Crippen LogP contribution >= 0.6 is 0 Å². The normalized spacial score (nSPS) is 14.8. The lowest BCUT2D eigenvalue weighted by Crippen LogP contribution is -2.28. The molecule has 0 unspecified atom stereocenters. The Balaban J connectivity index is 1.70. The number of fused-ring (bicyclic) bond motifs is 2. The molecule has 2 aromatic heterocycles. The molecule has 4 rings (SSSR count). The molecule has 0 saturated carbocycles. The third-order valence-electron chi connectivity index (χ3n) is 4.82. The fraction of sp³-hybridized carbons (Fsp3) is 0.368. The van der Waals surface area contributed by atoms with E-state index in [1.807, 2.05) is 6.07 Å². The van der Waals surface area contributed by atoms with Crippen LogP contribution in [-0.4, -0.2) is 41.8 Å². The predicted octanol–water partition coefficient (Wildman–Crippen LogP) is 2.06. The smallest absolute Gasteiger partial charge is 0.261 e. The number of hydrogen-bond donors (Lipinski definition) is 0. The Morgan fingerprint density at radius 1 is 1.15 bits per heavy atom. The van der Waals surface area contributed by atoms with Crippen LogP contribution < -0.4 is 15.0 Å². The number of methoxy groups -OCH3 is 2. The van der Waals surface area contributed by atoms with E-state index in [-0.39, 0.29) is 5.56 Å².